The molecule has 0 aliphatic heterocycles. The van der Waals surface area contributed by atoms with Crippen molar-refractivity contribution in [3.8, 4) is 11.1 Å². The van der Waals surface area contributed by atoms with Gasteiger partial charge < -0.3 is 0 Å². The minimum absolute atomic E-state index is 0.769. The number of hydrogen-bond acceptors (Lipinski definition) is 0. The van der Waals surface area contributed by atoms with E-state index in [0.717, 1.165) is 38.0 Å². The van der Waals surface area contributed by atoms with Gasteiger partial charge in [-0.3, -0.25) is 0 Å². The predicted octanol–water partition coefficient (Wildman–Crippen LogP) is 18.1. The molecule has 10 rings (SSSR count). The van der Waals surface area contributed by atoms with Crippen LogP contribution in [0.3, 0.4) is 0 Å². The molecular formula is C67H68. The van der Waals surface area contributed by atoms with Gasteiger partial charge in [0.1, 0.15) is 0 Å². The monoisotopic (exact) mass is 873 g/mol. The zero-order valence-corrected chi connectivity index (χ0v) is 40.7. The van der Waals surface area contributed by atoms with Crippen LogP contribution in [0.4, 0.5) is 0 Å². The average Bonchev–Trinajstić information content (AvgIpc) is 3.35. The molecule has 0 spiro atoms. The normalized spacial score (nSPS) is 13.9. The SMILES string of the molecule is CC1C=CC=CC1.Cc1ccccc1.Cc1ccccc1-c1cc(Cc2ccccc2)ccc1C.Cc1ccccc1C1=C(Cc2ccccc2)CCC(Cc2cccc3c(C)cccc23)=C1. The number of aryl methyl sites for hydroxylation is 5. The van der Waals surface area contributed by atoms with Crippen LogP contribution in [0.15, 0.2) is 236 Å². The molecular weight excluding hydrogens is 805 g/mol. The predicted molar refractivity (Wildman–Crippen MR) is 292 cm³/mol. The van der Waals surface area contributed by atoms with Crippen molar-refractivity contribution in [2.24, 2.45) is 5.92 Å². The molecule has 0 N–H and O–H groups in total. The maximum atomic E-state index is 2.50. The van der Waals surface area contributed by atoms with Gasteiger partial charge in [-0.15, -0.1) is 0 Å². The Kier molecular flexibility index (Phi) is 17.5. The van der Waals surface area contributed by atoms with Crippen LogP contribution in [0.25, 0.3) is 27.5 Å². The fourth-order valence-electron chi connectivity index (χ4n) is 9.08. The van der Waals surface area contributed by atoms with Crippen molar-refractivity contribution in [1.82, 2.24) is 0 Å². The maximum absolute atomic E-state index is 2.50. The summed E-state index contributed by atoms with van der Waals surface area (Å²) >= 11 is 0. The fraction of sp³-hybridized carbons (Fsp3) is 0.194. The van der Waals surface area contributed by atoms with Gasteiger partial charge in [0.15, 0.2) is 0 Å². The van der Waals surface area contributed by atoms with Crippen molar-refractivity contribution in [3.63, 3.8) is 0 Å². The van der Waals surface area contributed by atoms with Gasteiger partial charge in [-0.2, -0.15) is 0 Å². The Bertz CT molecular complexity index is 2940. The van der Waals surface area contributed by atoms with Crippen LogP contribution >= 0.6 is 0 Å². The van der Waals surface area contributed by atoms with Crippen LogP contribution in [-0.2, 0) is 19.3 Å². The minimum Gasteiger partial charge on any atom is -0.0840 e. The molecule has 0 saturated heterocycles. The summed E-state index contributed by atoms with van der Waals surface area (Å²) in [6.07, 6.45) is 17.7. The van der Waals surface area contributed by atoms with Crippen LogP contribution in [0.2, 0.25) is 0 Å². The molecule has 67 heavy (non-hydrogen) atoms. The molecule has 336 valence electrons. The van der Waals surface area contributed by atoms with E-state index in [9.17, 15) is 0 Å². The molecule has 0 fully saturated rings. The average molecular weight is 873 g/mol. The van der Waals surface area contributed by atoms with Crippen LogP contribution < -0.4 is 0 Å². The fourth-order valence-corrected chi connectivity index (χ4v) is 9.08. The largest absolute Gasteiger partial charge is 0.0840 e. The summed E-state index contributed by atoms with van der Waals surface area (Å²) in [5.41, 5.74) is 20.8. The lowest BCUT2D eigenvalue weighted by atomic mass is 9.82. The van der Waals surface area contributed by atoms with E-state index in [1.54, 1.807) is 5.57 Å². The highest BCUT2D eigenvalue weighted by Gasteiger charge is 2.18. The molecule has 0 bridgehead atoms. The lowest BCUT2D eigenvalue weighted by Gasteiger charge is -2.23. The summed E-state index contributed by atoms with van der Waals surface area (Å²) in [5.74, 6) is 0.769. The Balaban J connectivity index is 0.000000161. The number of benzene rings is 8. The molecule has 0 heteroatoms. The standard InChI is InChI=1S/C32H30.C21H20.C7H10.C7H8/c1-23-10-6-7-15-30(23)32-22-26(18-19-28(32)20-25-12-4-3-5-13-25)21-27-14-9-16-29-24(2)11-8-17-31(27)29;1-16-8-6-7-11-20(16)21-15-19(13-12-17(21)2)14-18-9-4-3-5-10-18;2*1-7-5-3-2-4-6-7/h3-17,22H,18-21H2,1-2H3;3-13,15H,14H2,1-2H3;2-5,7H,6H2,1H3;2-6H,1H3. The zero-order valence-electron chi connectivity index (χ0n) is 40.7. The second kappa shape index (κ2) is 24.5. The Hall–Kier alpha value is -7.02. The molecule has 0 aromatic heterocycles. The molecule has 0 nitrogen and oxygen atoms in total. The third kappa shape index (κ3) is 14.0. The van der Waals surface area contributed by atoms with Gasteiger partial charge >= 0.3 is 0 Å². The maximum Gasteiger partial charge on any atom is -0.00256 e. The van der Waals surface area contributed by atoms with Crippen molar-refractivity contribution in [1.29, 1.82) is 0 Å². The molecule has 0 heterocycles. The topological polar surface area (TPSA) is 0 Å². The van der Waals surface area contributed by atoms with Crippen LogP contribution in [-0.4, -0.2) is 0 Å². The Morgan fingerprint density at radius 1 is 0.418 bits per heavy atom. The van der Waals surface area contributed by atoms with E-state index >= 15 is 0 Å². The van der Waals surface area contributed by atoms with E-state index in [0.29, 0.717) is 0 Å². The summed E-state index contributed by atoms with van der Waals surface area (Å²) < 4.78 is 0. The molecule has 0 saturated carbocycles. The van der Waals surface area contributed by atoms with Gasteiger partial charge in [0.05, 0.1) is 0 Å². The van der Waals surface area contributed by atoms with Gasteiger partial charge in [0.2, 0.25) is 0 Å². The quantitative estimate of drug-likeness (QED) is 0.143. The first kappa shape index (κ1) is 47.9. The molecule has 2 aliphatic rings. The van der Waals surface area contributed by atoms with E-state index in [2.05, 4.69) is 248 Å². The first-order valence-electron chi connectivity index (χ1n) is 24.2. The highest BCUT2D eigenvalue weighted by Crippen LogP contribution is 2.36. The van der Waals surface area contributed by atoms with Gasteiger partial charge in [0, 0.05) is 0 Å². The lowest BCUT2D eigenvalue weighted by Crippen LogP contribution is -2.05. The summed E-state index contributed by atoms with van der Waals surface area (Å²) in [5, 5.41) is 2.77. The molecule has 8 aromatic carbocycles. The number of allylic oxidation sites excluding steroid dienone is 8. The summed E-state index contributed by atoms with van der Waals surface area (Å²) in [7, 11) is 0. The smallest absolute Gasteiger partial charge is 0.00256 e. The number of hydrogen-bond donors (Lipinski definition) is 0. The molecule has 8 aromatic rings. The first-order chi connectivity index (χ1) is 32.7. The molecule has 0 radical (unpaired) electrons. The van der Waals surface area contributed by atoms with Crippen LogP contribution in [0.1, 0.15) is 81.8 Å². The Morgan fingerprint density at radius 3 is 1.58 bits per heavy atom. The number of fused-ring (bicyclic) bond motifs is 1. The van der Waals surface area contributed by atoms with E-state index in [4.69, 9.17) is 0 Å². The van der Waals surface area contributed by atoms with Crippen LogP contribution in [0, 0.1) is 40.5 Å². The number of rotatable bonds is 8. The second-order valence-electron chi connectivity index (χ2n) is 18.4. The highest BCUT2D eigenvalue weighted by molar-refractivity contribution is 5.89. The summed E-state index contributed by atoms with van der Waals surface area (Å²) in [6, 6.07) is 69.5. The van der Waals surface area contributed by atoms with Gasteiger partial charge in [-0.1, -0.05) is 248 Å². The molecule has 0 amide bonds. The Labute approximate surface area is 402 Å². The molecule has 1 atom stereocenters. The van der Waals surface area contributed by atoms with E-state index < -0.39 is 0 Å². The lowest BCUT2D eigenvalue weighted by molar-refractivity contribution is 0.737. The van der Waals surface area contributed by atoms with E-state index in [-0.39, 0.29) is 0 Å². The third-order valence-corrected chi connectivity index (χ3v) is 12.9. The van der Waals surface area contributed by atoms with Crippen LogP contribution in [0.5, 0.6) is 0 Å². The zero-order chi connectivity index (χ0) is 46.8. The first-order valence-corrected chi connectivity index (χ1v) is 24.2. The van der Waals surface area contributed by atoms with Crippen molar-refractivity contribution >= 4 is 16.3 Å². The van der Waals surface area contributed by atoms with Crippen molar-refractivity contribution < 1.29 is 0 Å². The molecule has 2 aliphatic carbocycles. The van der Waals surface area contributed by atoms with Gasteiger partial charge in [0.25, 0.3) is 0 Å². The summed E-state index contributed by atoms with van der Waals surface area (Å²) in [4.78, 5) is 0. The Morgan fingerprint density at radius 2 is 0.985 bits per heavy atom. The van der Waals surface area contributed by atoms with E-state index in [1.165, 1.54) is 95.1 Å². The van der Waals surface area contributed by atoms with Crippen molar-refractivity contribution in [3.05, 3.63) is 291 Å². The minimum atomic E-state index is 0.769. The molecule has 1 unspecified atom stereocenters. The summed E-state index contributed by atoms with van der Waals surface area (Å²) in [6.45, 7) is 13.1. The second-order valence-corrected chi connectivity index (χ2v) is 18.4. The van der Waals surface area contributed by atoms with Gasteiger partial charge in [-0.05, 0) is 157 Å². The van der Waals surface area contributed by atoms with Crippen molar-refractivity contribution in [2.45, 2.75) is 80.1 Å². The highest BCUT2D eigenvalue weighted by atomic mass is 14.2. The van der Waals surface area contributed by atoms with Crippen molar-refractivity contribution in [2.75, 3.05) is 0 Å². The third-order valence-electron chi connectivity index (χ3n) is 12.9. The van der Waals surface area contributed by atoms with Gasteiger partial charge in [-0.25, -0.2) is 0 Å². The van der Waals surface area contributed by atoms with E-state index in [1.807, 2.05) is 18.2 Å².